The van der Waals surface area contributed by atoms with E-state index in [1.165, 1.54) is 14.0 Å². The quantitative estimate of drug-likeness (QED) is 0.687. The van der Waals surface area contributed by atoms with Gasteiger partial charge in [0.2, 0.25) is 11.8 Å². The Morgan fingerprint density at radius 3 is 2.39 bits per heavy atom. The SMILES string of the molecule is CNC(=O)NC(=O)CN(Cc1ccccc1)[C@@H](C)c1cccc(NC(C)=O)c1. The lowest BCUT2D eigenvalue weighted by Crippen LogP contribution is -2.43. The van der Waals surface area contributed by atoms with Crippen LogP contribution in [0.15, 0.2) is 54.6 Å². The minimum atomic E-state index is -0.537. The molecule has 0 aromatic heterocycles. The van der Waals surface area contributed by atoms with E-state index in [2.05, 4.69) is 16.0 Å². The topological polar surface area (TPSA) is 90.5 Å². The van der Waals surface area contributed by atoms with Gasteiger partial charge in [-0.3, -0.25) is 19.8 Å². The van der Waals surface area contributed by atoms with Crippen molar-refractivity contribution in [3.63, 3.8) is 0 Å². The van der Waals surface area contributed by atoms with Crippen LogP contribution in [0.2, 0.25) is 0 Å². The molecule has 0 spiro atoms. The van der Waals surface area contributed by atoms with Crippen LogP contribution in [0.5, 0.6) is 0 Å². The second-order valence-electron chi connectivity index (χ2n) is 6.50. The smallest absolute Gasteiger partial charge is 0.321 e. The molecule has 0 saturated heterocycles. The molecule has 7 heteroatoms. The van der Waals surface area contributed by atoms with Crippen LogP contribution in [0.4, 0.5) is 10.5 Å². The van der Waals surface area contributed by atoms with Gasteiger partial charge in [0.05, 0.1) is 6.54 Å². The minimum absolute atomic E-state index is 0.0494. The molecule has 2 rings (SSSR count). The van der Waals surface area contributed by atoms with Gasteiger partial charge in [0.15, 0.2) is 0 Å². The molecule has 148 valence electrons. The van der Waals surface area contributed by atoms with Crippen molar-refractivity contribution >= 4 is 23.5 Å². The molecule has 7 nitrogen and oxygen atoms in total. The zero-order valence-corrected chi connectivity index (χ0v) is 16.4. The molecule has 3 N–H and O–H groups in total. The maximum absolute atomic E-state index is 12.3. The average Bonchev–Trinajstić information content (AvgIpc) is 2.67. The van der Waals surface area contributed by atoms with Gasteiger partial charge in [0.1, 0.15) is 0 Å². The van der Waals surface area contributed by atoms with E-state index in [1.54, 1.807) is 0 Å². The lowest BCUT2D eigenvalue weighted by atomic mass is 10.0. The van der Waals surface area contributed by atoms with E-state index >= 15 is 0 Å². The van der Waals surface area contributed by atoms with Gasteiger partial charge in [-0.1, -0.05) is 42.5 Å². The summed E-state index contributed by atoms with van der Waals surface area (Å²) in [6, 6.07) is 16.7. The monoisotopic (exact) mass is 382 g/mol. The van der Waals surface area contributed by atoms with Crippen molar-refractivity contribution < 1.29 is 14.4 Å². The molecule has 0 aliphatic carbocycles. The number of amides is 4. The number of anilines is 1. The standard InChI is InChI=1S/C21H26N4O3/c1-15(18-10-7-11-19(12-18)23-16(2)26)25(13-17-8-5-4-6-9-17)14-20(27)24-21(28)22-3/h4-12,15H,13-14H2,1-3H3,(H,23,26)(H2,22,24,27,28)/t15-/m0/s1. The Morgan fingerprint density at radius 2 is 1.75 bits per heavy atom. The molecule has 0 bridgehead atoms. The van der Waals surface area contributed by atoms with E-state index in [1.807, 2.05) is 66.4 Å². The van der Waals surface area contributed by atoms with Gasteiger partial charge < -0.3 is 10.6 Å². The van der Waals surface area contributed by atoms with Crippen molar-refractivity contribution in [1.82, 2.24) is 15.5 Å². The summed E-state index contributed by atoms with van der Waals surface area (Å²) in [5.74, 6) is -0.531. The highest BCUT2D eigenvalue weighted by Gasteiger charge is 2.20. The normalized spacial score (nSPS) is 11.6. The van der Waals surface area contributed by atoms with Crippen molar-refractivity contribution in [3.8, 4) is 0 Å². The molecule has 0 fully saturated rings. The zero-order chi connectivity index (χ0) is 20.5. The molecule has 4 amide bonds. The highest BCUT2D eigenvalue weighted by atomic mass is 16.2. The predicted molar refractivity (Wildman–Crippen MR) is 109 cm³/mol. The lowest BCUT2D eigenvalue weighted by molar-refractivity contribution is -0.121. The summed E-state index contributed by atoms with van der Waals surface area (Å²) in [4.78, 5) is 37.0. The van der Waals surface area contributed by atoms with Gasteiger partial charge in [0, 0.05) is 32.2 Å². The number of nitrogens with zero attached hydrogens (tertiary/aromatic N) is 1. The Kier molecular flexibility index (Phi) is 7.71. The minimum Gasteiger partial charge on any atom is -0.341 e. The summed E-state index contributed by atoms with van der Waals surface area (Å²) >= 11 is 0. The average molecular weight is 382 g/mol. The number of nitrogens with one attached hydrogen (secondary N) is 3. The molecular weight excluding hydrogens is 356 g/mol. The van der Waals surface area contributed by atoms with Gasteiger partial charge in [-0.25, -0.2) is 4.79 Å². The number of hydrogen-bond donors (Lipinski definition) is 3. The van der Waals surface area contributed by atoms with Crippen molar-refractivity contribution in [2.45, 2.75) is 26.4 Å². The molecule has 28 heavy (non-hydrogen) atoms. The Hall–Kier alpha value is -3.19. The third kappa shape index (κ3) is 6.51. The first-order chi connectivity index (χ1) is 13.4. The van der Waals surface area contributed by atoms with Gasteiger partial charge in [0.25, 0.3) is 0 Å². The first kappa shape index (κ1) is 21.1. The lowest BCUT2D eigenvalue weighted by Gasteiger charge is -2.29. The van der Waals surface area contributed by atoms with E-state index in [0.29, 0.717) is 12.2 Å². The fourth-order valence-corrected chi connectivity index (χ4v) is 2.85. The Balaban J connectivity index is 2.22. The maximum Gasteiger partial charge on any atom is 0.321 e. The summed E-state index contributed by atoms with van der Waals surface area (Å²) < 4.78 is 0. The highest BCUT2D eigenvalue weighted by Crippen LogP contribution is 2.24. The van der Waals surface area contributed by atoms with E-state index in [9.17, 15) is 14.4 Å². The Morgan fingerprint density at radius 1 is 1.04 bits per heavy atom. The molecule has 0 radical (unpaired) electrons. The first-order valence-corrected chi connectivity index (χ1v) is 9.06. The number of imide groups is 1. The van der Waals surface area contributed by atoms with Crippen molar-refractivity contribution in [3.05, 3.63) is 65.7 Å². The molecule has 0 unspecified atom stereocenters. The van der Waals surface area contributed by atoms with Crippen molar-refractivity contribution in [2.24, 2.45) is 0 Å². The van der Waals surface area contributed by atoms with Crippen LogP contribution in [-0.4, -0.2) is 36.3 Å². The van der Waals surface area contributed by atoms with Gasteiger partial charge in [-0.15, -0.1) is 0 Å². The van der Waals surface area contributed by atoms with Crippen LogP contribution in [0.25, 0.3) is 0 Å². The number of urea groups is 1. The summed E-state index contributed by atoms with van der Waals surface area (Å²) in [6.45, 7) is 4.03. The van der Waals surface area contributed by atoms with Crippen LogP contribution < -0.4 is 16.0 Å². The van der Waals surface area contributed by atoms with E-state index in [4.69, 9.17) is 0 Å². The van der Waals surface area contributed by atoms with Gasteiger partial charge in [-0.2, -0.15) is 0 Å². The molecule has 0 saturated carbocycles. The fourth-order valence-electron chi connectivity index (χ4n) is 2.85. The third-order valence-corrected chi connectivity index (χ3v) is 4.29. The maximum atomic E-state index is 12.3. The molecule has 2 aromatic carbocycles. The number of benzene rings is 2. The number of carbonyl (C=O) groups excluding carboxylic acids is 3. The van der Waals surface area contributed by atoms with Gasteiger partial charge >= 0.3 is 6.03 Å². The van der Waals surface area contributed by atoms with Crippen LogP contribution in [0.3, 0.4) is 0 Å². The van der Waals surface area contributed by atoms with Crippen LogP contribution in [0.1, 0.15) is 31.0 Å². The molecule has 0 heterocycles. The van der Waals surface area contributed by atoms with Crippen molar-refractivity contribution in [2.75, 3.05) is 18.9 Å². The molecule has 0 aliphatic rings. The van der Waals surface area contributed by atoms with E-state index in [-0.39, 0.29) is 24.4 Å². The second kappa shape index (κ2) is 10.2. The summed E-state index contributed by atoms with van der Waals surface area (Å²) in [5, 5.41) is 7.45. The number of rotatable bonds is 7. The van der Waals surface area contributed by atoms with E-state index < -0.39 is 6.03 Å². The highest BCUT2D eigenvalue weighted by molar-refractivity contribution is 5.95. The molecule has 0 aliphatic heterocycles. The zero-order valence-electron chi connectivity index (χ0n) is 16.4. The summed E-state index contributed by atoms with van der Waals surface area (Å²) in [5.41, 5.74) is 2.71. The first-order valence-electron chi connectivity index (χ1n) is 9.06. The Labute approximate surface area is 165 Å². The number of hydrogen-bond acceptors (Lipinski definition) is 4. The van der Waals surface area contributed by atoms with Crippen molar-refractivity contribution in [1.29, 1.82) is 0 Å². The number of carbonyl (C=O) groups is 3. The Bertz CT molecular complexity index is 823. The third-order valence-electron chi connectivity index (χ3n) is 4.29. The summed E-state index contributed by atoms with van der Waals surface area (Å²) in [7, 11) is 1.46. The van der Waals surface area contributed by atoms with Crippen LogP contribution in [-0.2, 0) is 16.1 Å². The van der Waals surface area contributed by atoms with E-state index in [0.717, 1.165) is 11.1 Å². The summed E-state index contributed by atoms with van der Waals surface area (Å²) in [6.07, 6.45) is 0. The molecular formula is C21H26N4O3. The fraction of sp³-hybridized carbons (Fsp3) is 0.286. The van der Waals surface area contributed by atoms with Crippen LogP contribution in [0, 0.1) is 0 Å². The second-order valence-corrected chi connectivity index (χ2v) is 6.50. The largest absolute Gasteiger partial charge is 0.341 e. The van der Waals surface area contributed by atoms with Crippen LogP contribution >= 0.6 is 0 Å². The predicted octanol–water partition coefficient (Wildman–Crippen LogP) is 2.66. The van der Waals surface area contributed by atoms with Gasteiger partial charge in [-0.05, 0) is 30.2 Å². The molecule has 2 aromatic rings. The molecule has 1 atom stereocenters.